The summed E-state index contributed by atoms with van der Waals surface area (Å²) in [4.78, 5) is 11.1. The van der Waals surface area contributed by atoms with E-state index in [9.17, 15) is 14.5 Å². The highest BCUT2D eigenvalue weighted by Crippen LogP contribution is 2.43. The molecule has 0 fully saturated rings. The molecule has 0 aliphatic rings. The van der Waals surface area contributed by atoms with E-state index in [1.54, 1.807) is 35.8 Å². The van der Waals surface area contributed by atoms with Crippen molar-refractivity contribution < 1.29 is 18.8 Å². The summed E-state index contributed by atoms with van der Waals surface area (Å²) in [6, 6.07) is 9.42. The van der Waals surface area contributed by atoms with Gasteiger partial charge in [0.1, 0.15) is 16.9 Å². The zero-order valence-corrected chi connectivity index (χ0v) is 20.2. The lowest BCUT2D eigenvalue weighted by Crippen LogP contribution is -2.12. The van der Waals surface area contributed by atoms with Crippen LogP contribution in [0.2, 0.25) is 0 Å². The number of benzene rings is 2. The summed E-state index contributed by atoms with van der Waals surface area (Å²) < 4.78 is 27.1. The molecule has 0 bridgehead atoms. The van der Waals surface area contributed by atoms with E-state index in [0.717, 1.165) is 0 Å². The smallest absolute Gasteiger partial charge is 0.220 e. The lowest BCUT2D eigenvalue weighted by molar-refractivity contribution is -0.479. The van der Waals surface area contributed by atoms with Crippen LogP contribution in [0.25, 0.3) is 5.69 Å². The van der Waals surface area contributed by atoms with Crippen molar-refractivity contribution in [3.63, 3.8) is 0 Å². The third-order valence-corrected chi connectivity index (χ3v) is 6.30. The second-order valence-electron chi connectivity index (χ2n) is 6.65. The van der Waals surface area contributed by atoms with Gasteiger partial charge in [0.2, 0.25) is 6.54 Å². The molecule has 0 aliphatic carbocycles. The Bertz CT molecular complexity index is 1090. The van der Waals surface area contributed by atoms with Crippen molar-refractivity contribution in [3.8, 4) is 17.2 Å². The largest absolute Gasteiger partial charge is 0.490 e. The van der Waals surface area contributed by atoms with Crippen LogP contribution < -0.4 is 9.47 Å². The van der Waals surface area contributed by atoms with E-state index in [-0.39, 0.29) is 17.3 Å². The number of nitro groups is 1. The van der Waals surface area contributed by atoms with Crippen LogP contribution in [0.1, 0.15) is 30.5 Å². The molecule has 0 spiro atoms. The Balaban J connectivity index is 2.03. The molecular formula is C21H22BrFN4O4S. The van der Waals surface area contributed by atoms with Crippen LogP contribution >= 0.6 is 27.7 Å². The van der Waals surface area contributed by atoms with Gasteiger partial charge in [0.25, 0.3) is 0 Å². The van der Waals surface area contributed by atoms with E-state index in [1.807, 2.05) is 13.8 Å². The minimum absolute atomic E-state index is 0.349. The number of aryl methyl sites for hydroxylation is 1. The summed E-state index contributed by atoms with van der Waals surface area (Å²) in [6.45, 7) is 6.02. The number of aromatic nitrogens is 3. The van der Waals surface area contributed by atoms with Crippen LogP contribution in [0.5, 0.6) is 11.5 Å². The molecule has 0 N–H and O–H groups in total. The first kappa shape index (κ1) is 24.0. The fourth-order valence-corrected chi connectivity index (χ4v) is 5.06. The Morgan fingerprint density at radius 2 is 1.78 bits per heavy atom. The van der Waals surface area contributed by atoms with Crippen LogP contribution in [-0.2, 0) is 0 Å². The van der Waals surface area contributed by atoms with Crippen LogP contribution in [-0.4, -0.2) is 39.4 Å². The number of thioether (sulfide) groups is 1. The van der Waals surface area contributed by atoms with Gasteiger partial charge in [0.15, 0.2) is 16.7 Å². The fraction of sp³-hybridized carbons (Fsp3) is 0.333. The minimum atomic E-state index is -0.600. The molecule has 32 heavy (non-hydrogen) atoms. The van der Waals surface area contributed by atoms with Crippen LogP contribution in [0.3, 0.4) is 0 Å². The van der Waals surface area contributed by atoms with E-state index >= 15 is 0 Å². The Kier molecular flexibility index (Phi) is 8.08. The van der Waals surface area contributed by atoms with Gasteiger partial charge in [-0.2, -0.15) is 0 Å². The highest BCUT2D eigenvalue weighted by Gasteiger charge is 2.27. The molecule has 3 rings (SSSR count). The standard InChI is InChI=1S/C21H22BrFN4O4S/c1-4-30-18-10-16(17(22)11-19(18)31-5-2)20(12-26(28)29)32-21-25-24-13(3)27(21)15-8-6-14(23)7-9-15/h6-11,20H,4-5,12H2,1-3H3/t20-/m1/s1. The predicted molar refractivity (Wildman–Crippen MR) is 123 cm³/mol. The maximum atomic E-state index is 13.4. The lowest BCUT2D eigenvalue weighted by Gasteiger charge is -2.19. The fourth-order valence-electron chi connectivity index (χ4n) is 3.10. The Morgan fingerprint density at radius 3 is 2.38 bits per heavy atom. The van der Waals surface area contributed by atoms with Crippen molar-refractivity contribution in [1.82, 2.24) is 14.8 Å². The first-order valence-electron chi connectivity index (χ1n) is 9.89. The molecule has 0 aliphatic heterocycles. The van der Waals surface area contributed by atoms with Crippen LogP contribution in [0.15, 0.2) is 46.0 Å². The van der Waals surface area contributed by atoms with Gasteiger partial charge in [0.05, 0.1) is 13.2 Å². The molecule has 0 amide bonds. The average Bonchev–Trinajstić information content (AvgIpc) is 3.10. The van der Waals surface area contributed by atoms with E-state index in [0.29, 0.717) is 51.4 Å². The third kappa shape index (κ3) is 5.57. The van der Waals surface area contributed by atoms with Crippen molar-refractivity contribution in [2.24, 2.45) is 0 Å². The monoisotopic (exact) mass is 524 g/mol. The third-order valence-electron chi connectivity index (χ3n) is 4.45. The summed E-state index contributed by atoms with van der Waals surface area (Å²) in [5, 5.41) is 19.7. The van der Waals surface area contributed by atoms with Crippen molar-refractivity contribution in [2.45, 2.75) is 31.2 Å². The predicted octanol–water partition coefficient (Wildman–Crippen LogP) is 5.38. The Hall–Kier alpha value is -2.66. The number of hydrogen-bond acceptors (Lipinski definition) is 7. The Morgan fingerprint density at radius 1 is 1.16 bits per heavy atom. The summed E-state index contributed by atoms with van der Waals surface area (Å²) in [7, 11) is 0. The van der Waals surface area contributed by atoms with Crippen molar-refractivity contribution >= 4 is 27.7 Å². The lowest BCUT2D eigenvalue weighted by atomic mass is 10.1. The second kappa shape index (κ2) is 10.8. The van der Waals surface area contributed by atoms with E-state index in [4.69, 9.17) is 9.47 Å². The topological polar surface area (TPSA) is 92.3 Å². The summed E-state index contributed by atoms with van der Waals surface area (Å²) in [6.07, 6.45) is 0. The van der Waals surface area contributed by atoms with Gasteiger partial charge in [-0.15, -0.1) is 10.2 Å². The minimum Gasteiger partial charge on any atom is -0.490 e. The average molecular weight is 525 g/mol. The first-order valence-corrected chi connectivity index (χ1v) is 11.6. The van der Waals surface area contributed by atoms with Crippen LogP contribution in [0, 0.1) is 22.9 Å². The maximum absolute atomic E-state index is 13.4. The molecular weight excluding hydrogens is 503 g/mol. The van der Waals surface area contributed by atoms with Gasteiger partial charge >= 0.3 is 0 Å². The SMILES string of the molecule is CCOc1cc(Br)c([C@@H](C[N+](=O)[O-])Sc2nnc(C)n2-c2ccc(F)cc2)cc1OCC. The summed E-state index contributed by atoms with van der Waals surface area (Å²) in [5.41, 5.74) is 1.34. The highest BCUT2D eigenvalue weighted by molar-refractivity contribution is 9.10. The van der Waals surface area contributed by atoms with Gasteiger partial charge in [0, 0.05) is 15.1 Å². The van der Waals surface area contributed by atoms with Gasteiger partial charge in [-0.3, -0.25) is 14.7 Å². The zero-order chi connectivity index (χ0) is 23.3. The van der Waals surface area contributed by atoms with E-state index < -0.39 is 5.25 Å². The number of hydrogen-bond donors (Lipinski definition) is 0. The molecule has 170 valence electrons. The molecule has 1 atom stereocenters. The maximum Gasteiger partial charge on any atom is 0.220 e. The van der Waals surface area contributed by atoms with Gasteiger partial charge in [-0.25, -0.2) is 4.39 Å². The van der Waals surface area contributed by atoms with Crippen molar-refractivity contribution in [3.05, 3.63) is 68.2 Å². The van der Waals surface area contributed by atoms with Gasteiger partial charge in [-0.05, 0) is 62.7 Å². The molecule has 1 aromatic heterocycles. The van der Waals surface area contributed by atoms with Crippen molar-refractivity contribution in [1.29, 1.82) is 0 Å². The quantitative estimate of drug-likeness (QED) is 0.199. The molecule has 0 saturated carbocycles. The second-order valence-corrected chi connectivity index (χ2v) is 8.67. The molecule has 3 aromatic rings. The Labute approximate surface area is 197 Å². The number of rotatable bonds is 10. The molecule has 0 saturated heterocycles. The number of nitrogens with zero attached hydrogens (tertiary/aromatic N) is 4. The number of ether oxygens (including phenoxy) is 2. The number of halogens is 2. The summed E-state index contributed by atoms with van der Waals surface area (Å²) >= 11 is 4.73. The summed E-state index contributed by atoms with van der Waals surface area (Å²) in [5.74, 6) is 1.29. The van der Waals surface area contributed by atoms with E-state index in [1.165, 1.54) is 23.9 Å². The molecule has 0 radical (unpaired) electrons. The van der Waals surface area contributed by atoms with Crippen LogP contribution in [0.4, 0.5) is 4.39 Å². The normalized spacial score (nSPS) is 11.9. The molecule has 1 heterocycles. The zero-order valence-electron chi connectivity index (χ0n) is 17.7. The highest BCUT2D eigenvalue weighted by atomic mass is 79.9. The van der Waals surface area contributed by atoms with E-state index in [2.05, 4.69) is 26.1 Å². The van der Waals surface area contributed by atoms with Crippen molar-refractivity contribution in [2.75, 3.05) is 19.8 Å². The molecule has 2 aromatic carbocycles. The van der Waals surface area contributed by atoms with Gasteiger partial charge < -0.3 is 9.47 Å². The molecule has 11 heteroatoms. The molecule has 0 unspecified atom stereocenters. The first-order chi connectivity index (χ1) is 15.3. The van der Waals surface area contributed by atoms with Gasteiger partial charge in [-0.1, -0.05) is 27.7 Å². The molecule has 8 nitrogen and oxygen atoms in total.